The van der Waals surface area contributed by atoms with Gasteiger partial charge in [-0.1, -0.05) is 42.0 Å². The second-order valence-electron chi connectivity index (χ2n) is 6.25. The molecule has 4 rings (SSSR count). The van der Waals surface area contributed by atoms with Crippen molar-refractivity contribution >= 4 is 16.8 Å². The van der Waals surface area contributed by atoms with Gasteiger partial charge in [-0.25, -0.2) is 0 Å². The van der Waals surface area contributed by atoms with Crippen LogP contribution in [0, 0.1) is 0 Å². The number of hydrogen-bond donors (Lipinski definition) is 1. The lowest BCUT2D eigenvalue weighted by Gasteiger charge is -2.06. The summed E-state index contributed by atoms with van der Waals surface area (Å²) in [6.07, 6.45) is -3.30. The highest BCUT2D eigenvalue weighted by Crippen LogP contribution is 2.33. The zero-order chi connectivity index (χ0) is 21.3. The molecule has 10 heteroatoms. The first kappa shape index (κ1) is 19.4. The Bertz CT molecular complexity index is 1230. The van der Waals surface area contributed by atoms with Crippen molar-refractivity contribution < 1.29 is 22.4 Å². The molecular formula is C20H14F3N5O2. The number of amides is 1. The third-order valence-corrected chi connectivity index (χ3v) is 4.31. The molecule has 0 aliphatic rings. The minimum absolute atomic E-state index is 0.0167. The Balaban J connectivity index is 1.72. The Morgan fingerprint density at radius 3 is 2.57 bits per heavy atom. The molecular weight excluding hydrogens is 399 g/mol. The number of benzene rings is 2. The first-order valence-electron chi connectivity index (χ1n) is 8.75. The molecule has 1 N–H and O–H groups in total. The number of para-hydroxylation sites is 1. The van der Waals surface area contributed by atoms with Crippen LogP contribution in [0.25, 0.3) is 28.2 Å². The first-order chi connectivity index (χ1) is 14.4. The van der Waals surface area contributed by atoms with Gasteiger partial charge in [0.25, 0.3) is 0 Å². The van der Waals surface area contributed by atoms with Crippen molar-refractivity contribution in [2.45, 2.75) is 12.7 Å². The van der Waals surface area contributed by atoms with Gasteiger partial charge in [0.1, 0.15) is 5.69 Å². The normalized spacial score (nSPS) is 11.6. The number of fused-ring (bicyclic) bond motifs is 1. The fourth-order valence-electron chi connectivity index (χ4n) is 2.88. The second kappa shape index (κ2) is 7.47. The number of nitrogens with one attached hydrogen (secondary N) is 1. The Morgan fingerprint density at radius 1 is 1.13 bits per heavy atom. The van der Waals surface area contributed by atoms with Crippen LogP contribution >= 0.6 is 0 Å². The Labute approximate surface area is 167 Å². The van der Waals surface area contributed by atoms with E-state index in [0.717, 1.165) is 18.2 Å². The molecule has 0 radical (unpaired) electrons. The van der Waals surface area contributed by atoms with Crippen LogP contribution in [0.1, 0.15) is 11.5 Å². The highest BCUT2D eigenvalue weighted by Gasteiger charge is 2.30. The van der Waals surface area contributed by atoms with E-state index >= 15 is 0 Å². The molecule has 0 aliphatic carbocycles. The largest absolute Gasteiger partial charge is 0.416 e. The Morgan fingerprint density at radius 2 is 1.87 bits per heavy atom. The highest BCUT2D eigenvalue weighted by atomic mass is 19.4. The van der Waals surface area contributed by atoms with Crippen molar-refractivity contribution in [3.8, 4) is 17.3 Å². The molecule has 1 amide bonds. The van der Waals surface area contributed by atoms with Gasteiger partial charge in [-0.05, 0) is 24.3 Å². The molecule has 0 atom stereocenters. The first-order valence-corrected chi connectivity index (χ1v) is 8.75. The van der Waals surface area contributed by atoms with Crippen molar-refractivity contribution in [3.63, 3.8) is 0 Å². The third kappa shape index (κ3) is 3.66. The van der Waals surface area contributed by atoms with Crippen LogP contribution in [0.2, 0.25) is 0 Å². The monoisotopic (exact) mass is 413 g/mol. The SMILES string of the molecule is C=CC(=O)NCc1nnc(-n2nc(-c3ccc(C(F)(F)F)cc3)c3ccccc32)o1. The van der Waals surface area contributed by atoms with Crippen LogP contribution in [-0.2, 0) is 17.5 Å². The van der Waals surface area contributed by atoms with Gasteiger partial charge in [0, 0.05) is 10.9 Å². The molecule has 2 aromatic carbocycles. The molecule has 0 saturated heterocycles. The van der Waals surface area contributed by atoms with Crippen LogP contribution in [0.15, 0.2) is 65.6 Å². The number of hydrogen-bond acceptors (Lipinski definition) is 5. The van der Waals surface area contributed by atoms with Crippen LogP contribution < -0.4 is 5.32 Å². The number of aromatic nitrogens is 4. The molecule has 0 fully saturated rings. The smallest absolute Gasteiger partial charge is 0.405 e. The molecule has 30 heavy (non-hydrogen) atoms. The fourth-order valence-corrected chi connectivity index (χ4v) is 2.88. The summed E-state index contributed by atoms with van der Waals surface area (Å²) >= 11 is 0. The van der Waals surface area contributed by atoms with E-state index in [-0.39, 0.29) is 24.4 Å². The number of carbonyl (C=O) groups excluding carboxylic acids is 1. The molecule has 0 unspecified atom stereocenters. The average Bonchev–Trinajstić information content (AvgIpc) is 3.36. The predicted octanol–water partition coefficient (Wildman–Crippen LogP) is 3.90. The lowest BCUT2D eigenvalue weighted by molar-refractivity contribution is -0.137. The van der Waals surface area contributed by atoms with Crippen molar-refractivity contribution in [1.82, 2.24) is 25.3 Å². The number of alkyl halides is 3. The van der Waals surface area contributed by atoms with Crippen LogP contribution in [0.4, 0.5) is 13.2 Å². The fraction of sp³-hybridized carbons (Fsp3) is 0.100. The summed E-state index contributed by atoms with van der Waals surface area (Å²) < 4.78 is 45.6. The van der Waals surface area contributed by atoms with E-state index in [4.69, 9.17) is 4.42 Å². The molecule has 2 heterocycles. The van der Waals surface area contributed by atoms with Crippen molar-refractivity contribution in [2.24, 2.45) is 0 Å². The van der Waals surface area contributed by atoms with Crippen molar-refractivity contribution in [3.05, 3.63) is 72.6 Å². The average molecular weight is 413 g/mol. The van der Waals surface area contributed by atoms with Gasteiger partial charge >= 0.3 is 12.2 Å². The highest BCUT2D eigenvalue weighted by molar-refractivity contribution is 5.94. The maximum atomic E-state index is 12.9. The number of rotatable bonds is 5. The summed E-state index contributed by atoms with van der Waals surface area (Å²) in [5, 5.41) is 15.5. The summed E-state index contributed by atoms with van der Waals surface area (Å²) in [7, 11) is 0. The molecule has 0 saturated carbocycles. The van der Waals surface area contributed by atoms with Gasteiger partial charge in [-0.15, -0.1) is 5.10 Å². The zero-order valence-electron chi connectivity index (χ0n) is 15.3. The van der Waals surface area contributed by atoms with Crippen molar-refractivity contribution in [2.75, 3.05) is 0 Å². The van der Waals surface area contributed by atoms with E-state index in [0.29, 0.717) is 22.2 Å². The zero-order valence-corrected chi connectivity index (χ0v) is 15.3. The number of halogens is 3. The molecule has 7 nitrogen and oxygen atoms in total. The summed E-state index contributed by atoms with van der Waals surface area (Å²) in [6, 6.07) is 12.0. The number of carbonyl (C=O) groups is 1. The molecule has 0 bridgehead atoms. The van der Waals surface area contributed by atoms with E-state index < -0.39 is 11.7 Å². The second-order valence-corrected chi connectivity index (χ2v) is 6.25. The third-order valence-electron chi connectivity index (χ3n) is 4.31. The maximum absolute atomic E-state index is 12.9. The molecule has 152 valence electrons. The summed E-state index contributed by atoms with van der Waals surface area (Å²) in [5.41, 5.74) is 0.880. The van der Waals surface area contributed by atoms with Gasteiger partial charge in [-0.2, -0.15) is 23.0 Å². The Kier molecular flexibility index (Phi) is 4.82. The lowest BCUT2D eigenvalue weighted by atomic mass is 10.1. The van der Waals surface area contributed by atoms with E-state index in [1.807, 2.05) is 0 Å². The minimum Gasteiger partial charge on any atom is -0.405 e. The molecule has 4 aromatic rings. The van der Waals surface area contributed by atoms with Crippen LogP contribution in [0.3, 0.4) is 0 Å². The predicted molar refractivity (Wildman–Crippen MR) is 101 cm³/mol. The van der Waals surface area contributed by atoms with Gasteiger partial charge in [0.15, 0.2) is 0 Å². The summed E-state index contributed by atoms with van der Waals surface area (Å²) in [4.78, 5) is 11.3. The topological polar surface area (TPSA) is 85.8 Å². The van der Waals surface area contributed by atoms with E-state index in [1.165, 1.54) is 16.8 Å². The molecule has 0 aliphatic heterocycles. The van der Waals surface area contributed by atoms with Gasteiger partial charge in [0.05, 0.1) is 17.6 Å². The van der Waals surface area contributed by atoms with E-state index in [1.54, 1.807) is 24.3 Å². The van der Waals surface area contributed by atoms with E-state index in [9.17, 15) is 18.0 Å². The van der Waals surface area contributed by atoms with Gasteiger partial charge in [0.2, 0.25) is 11.8 Å². The molecule has 2 aromatic heterocycles. The van der Waals surface area contributed by atoms with E-state index in [2.05, 4.69) is 27.2 Å². The summed E-state index contributed by atoms with van der Waals surface area (Å²) in [6.45, 7) is 3.37. The standard InChI is InChI=1S/C20H14F3N5O2/c1-2-16(29)24-11-17-25-26-19(30-17)28-15-6-4-3-5-14(15)18(27-28)12-7-9-13(10-8-12)20(21,22)23/h2-10H,1,11H2,(H,24,29). The maximum Gasteiger partial charge on any atom is 0.416 e. The van der Waals surface area contributed by atoms with Gasteiger partial charge in [-0.3, -0.25) is 4.79 Å². The van der Waals surface area contributed by atoms with Crippen LogP contribution in [0.5, 0.6) is 0 Å². The lowest BCUT2D eigenvalue weighted by Crippen LogP contribution is -2.20. The molecule has 0 spiro atoms. The minimum atomic E-state index is -4.42. The Hall–Kier alpha value is -3.95. The number of nitrogens with zero attached hydrogens (tertiary/aromatic N) is 4. The quantitative estimate of drug-likeness (QED) is 0.502. The summed E-state index contributed by atoms with van der Waals surface area (Å²) in [5.74, 6) is -0.222. The van der Waals surface area contributed by atoms with Gasteiger partial charge < -0.3 is 9.73 Å². The van der Waals surface area contributed by atoms with Crippen molar-refractivity contribution in [1.29, 1.82) is 0 Å². The van der Waals surface area contributed by atoms with Crippen LogP contribution in [-0.4, -0.2) is 25.9 Å².